The van der Waals surface area contributed by atoms with Gasteiger partial charge in [-0.25, -0.2) is 5.48 Å². The number of likely N-dealkylation sites (tertiary alicyclic amines) is 1. The zero-order valence-corrected chi connectivity index (χ0v) is 10.2. The minimum Gasteiger partial charge on any atom is -0.328 e. The van der Waals surface area contributed by atoms with E-state index < -0.39 is 0 Å². The summed E-state index contributed by atoms with van der Waals surface area (Å²) in [6.45, 7) is 6.84. The number of piperidine rings is 1. The molecule has 1 rings (SSSR count). The Morgan fingerprint density at radius 1 is 1.50 bits per heavy atom. The Balaban J connectivity index is 2.09. The molecule has 0 aromatic carbocycles. The molecule has 0 aliphatic carbocycles. The third kappa shape index (κ3) is 5.44. The molecule has 0 bridgehead atoms. The summed E-state index contributed by atoms with van der Waals surface area (Å²) in [5.74, 6) is 0.351. The van der Waals surface area contributed by atoms with Crippen molar-refractivity contribution in [2.75, 3.05) is 26.2 Å². The Hall–Kier alpha value is -0.650. The number of carbonyl (C=O) groups is 1. The van der Waals surface area contributed by atoms with Gasteiger partial charge in [0.15, 0.2) is 0 Å². The minimum atomic E-state index is -0.0730. The predicted octanol–water partition coefficient (Wildman–Crippen LogP) is 0.113. The summed E-state index contributed by atoms with van der Waals surface area (Å²) in [6, 6.07) is 0.302. The number of carbonyl (C=O) groups excluding carboxylic acids is 1. The Kier molecular flexibility index (Phi) is 5.73. The SMILES string of the molecule is CC(C)CONC(=O)CN1CCC(N)CC1. The van der Waals surface area contributed by atoms with Crippen LogP contribution in [0, 0.1) is 5.92 Å². The number of hydroxylamine groups is 1. The summed E-state index contributed by atoms with van der Waals surface area (Å²) in [5, 5.41) is 0. The Bertz CT molecular complexity index is 213. The maximum absolute atomic E-state index is 11.5. The predicted molar refractivity (Wildman–Crippen MR) is 62.6 cm³/mol. The lowest BCUT2D eigenvalue weighted by Crippen LogP contribution is -2.44. The van der Waals surface area contributed by atoms with Crippen molar-refractivity contribution in [3.8, 4) is 0 Å². The summed E-state index contributed by atoms with van der Waals surface area (Å²) in [7, 11) is 0. The van der Waals surface area contributed by atoms with E-state index in [4.69, 9.17) is 10.6 Å². The fourth-order valence-electron chi connectivity index (χ4n) is 1.64. The second-order valence-corrected chi connectivity index (χ2v) is 4.84. The molecule has 5 nitrogen and oxygen atoms in total. The topological polar surface area (TPSA) is 67.6 Å². The van der Waals surface area contributed by atoms with Gasteiger partial charge in [-0.1, -0.05) is 13.8 Å². The number of amides is 1. The van der Waals surface area contributed by atoms with Crippen LogP contribution in [0.5, 0.6) is 0 Å². The molecule has 1 aliphatic heterocycles. The molecule has 1 saturated heterocycles. The normalized spacial score (nSPS) is 19.0. The van der Waals surface area contributed by atoms with Crippen LogP contribution in [0.2, 0.25) is 0 Å². The Morgan fingerprint density at radius 2 is 2.12 bits per heavy atom. The number of hydrogen-bond acceptors (Lipinski definition) is 4. The summed E-state index contributed by atoms with van der Waals surface area (Å²) in [6.07, 6.45) is 1.94. The monoisotopic (exact) mass is 229 g/mol. The molecule has 94 valence electrons. The highest BCUT2D eigenvalue weighted by Gasteiger charge is 2.18. The van der Waals surface area contributed by atoms with Crippen LogP contribution in [0.15, 0.2) is 0 Å². The highest BCUT2D eigenvalue weighted by Crippen LogP contribution is 2.07. The molecular formula is C11H23N3O2. The van der Waals surface area contributed by atoms with Gasteiger partial charge in [0.2, 0.25) is 0 Å². The van der Waals surface area contributed by atoms with E-state index >= 15 is 0 Å². The first-order chi connectivity index (χ1) is 7.58. The van der Waals surface area contributed by atoms with Crippen LogP contribution < -0.4 is 11.2 Å². The van der Waals surface area contributed by atoms with Crippen molar-refractivity contribution >= 4 is 5.91 Å². The van der Waals surface area contributed by atoms with Crippen molar-refractivity contribution in [3.05, 3.63) is 0 Å². The van der Waals surface area contributed by atoms with Crippen LogP contribution in [-0.2, 0) is 9.63 Å². The van der Waals surface area contributed by atoms with Crippen LogP contribution in [0.4, 0.5) is 0 Å². The second-order valence-electron chi connectivity index (χ2n) is 4.84. The van der Waals surface area contributed by atoms with Gasteiger partial charge in [0.05, 0.1) is 13.2 Å². The molecule has 0 unspecified atom stereocenters. The van der Waals surface area contributed by atoms with E-state index in [9.17, 15) is 4.79 Å². The average molecular weight is 229 g/mol. The Labute approximate surface area is 97.3 Å². The summed E-state index contributed by atoms with van der Waals surface area (Å²) >= 11 is 0. The maximum atomic E-state index is 11.5. The first-order valence-electron chi connectivity index (χ1n) is 5.96. The van der Waals surface area contributed by atoms with Crippen LogP contribution >= 0.6 is 0 Å². The van der Waals surface area contributed by atoms with E-state index in [0.29, 0.717) is 25.1 Å². The standard InChI is InChI=1S/C11H23N3O2/c1-9(2)8-16-13-11(15)7-14-5-3-10(12)4-6-14/h9-10H,3-8,12H2,1-2H3,(H,13,15). The van der Waals surface area contributed by atoms with Gasteiger partial charge in [-0.3, -0.25) is 14.5 Å². The number of rotatable bonds is 5. The van der Waals surface area contributed by atoms with Gasteiger partial charge >= 0.3 is 0 Å². The molecule has 16 heavy (non-hydrogen) atoms. The highest BCUT2D eigenvalue weighted by atomic mass is 16.6. The van der Waals surface area contributed by atoms with Crippen LogP contribution in [0.1, 0.15) is 26.7 Å². The van der Waals surface area contributed by atoms with E-state index in [1.807, 2.05) is 13.8 Å². The van der Waals surface area contributed by atoms with Crippen molar-refractivity contribution in [2.45, 2.75) is 32.7 Å². The smallest absolute Gasteiger partial charge is 0.257 e. The second kappa shape index (κ2) is 6.83. The first-order valence-corrected chi connectivity index (χ1v) is 5.96. The van der Waals surface area contributed by atoms with Gasteiger partial charge in [0.1, 0.15) is 0 Å². The maximum Gasteiger partial charge on any atom is 0.257 e. The molecule has 0 spiro atoms. The van der Waals surface area contributed by atoms with E-state index in [-0.39, 0.29) is 5.91 Å². The van der Waals surface area contributed by atoms with E-state index in [1.54, 1.807) is 0 Å². The van der Waals surface area contributed by atoms with Gasteiger partial charge in [-0.15, -0.1) is 0 Å². The van der Waals surface area contributed by atoms with Gasteiger partial charge < -0.3 is 5.73 Å². The molecular weight excluding hydrogens is 206 g/mol. The molecule has 0 saturated carbocycles. The molecule has 0 atom stereocenters. The molecule has 0 aromatic rings. The first kappa shape index (κ1) is 13.4. The molecule has 3 N–H and O–H groups in total. The number of hydrogen-bond donors (Lipinski definition) is 2. The zero-order chi connectivity index (χ0) is 12.0. The van der Waals surface area contributed by atoms with Gasteiger partial charge in [0, 0.05) is 19.1 Å². The lowest BCUT2D eigenvalue weighted by atomic mass is 10.1. The van der Waals surface area contributed by atoms with Crippen molar-refractivity contribution in [1.29, 1.82) is 0 Å². The van der Waals surface area contributed by atoms with Crippen LogP contribution in [-0.4, -0.2) is 43.1 Å². The van der Waals surface area contributed by atoms with Crippen molar-refractivity contribution in [3.63, 3.8) is 0 Å². The average Bonchev–Trinajstić information content (AvgIpc) is 2.21. The van der Waals surface area contributed by atoms with Gasteiger partial charge in [-0.05, 0) is 18.8 Å². The lowest BCUT2D eigenvalue weighted by Gasteiger charge is -2.29. The van der Waals surface area contributed by atoms with E-state index in [2.05, 4.69) is 10.4 Å². The summed E-state index contributed by atoms with van der Waals surface area (Å²) < 4.78 is 0. The number of nitrogens with zero attached hydrogens (tertiary/aromatic N) is 1. The number of nitrogens with two attached hydrogens (primary N) is 1. The fraction of sp³-hybridized carbons (Fsp3) is 0.909. The highest BCUT2D eigenvalue weighted by molar-refractivity contribution is 5.76. The molecule has 1 fully saturated rings. The minimum absolute atomic E-state index is 0.0730. The molecule has 1 aliphatic rings. The van der Waals surface area contributed by atoms with Crippen LogP contribution in [0.3, 0.4) is 0 Å². The largest absolute Gasteiger partial charge is 0.328 e. The van der Waals surface area contributed by atoms with Crippen LogP contribution in [0.25, 0.3) is 0 Å². The third-order valence-corrected chi connectivity index (χ3v) is 2.60. The van der Waals surface area contributed by atoms with E-state index in [0.717, 1.165) is 25.9 Å². The third-order valence-electron chi connectivity index (χ3n) is 2.60. The lowest BCUT2D eigenvalue weighted by molar-refractivity contribution is -0.135. The molecule has 1 amide bonds. The number of nitrogens with one attached hydrogen (secondary N) is 1. The molecule has 1 heterocycles. The van der Waals surface area contributed by atoms with Gasteiger partial charge in [0.25, 0.3) is 5.91 Å². The van der Waals surface area contributed by atoms with Crippen molar-refractivity contribution in [2.24, 2.45) is 11.7 Å². The molecule has 0 aromatic heterocycles. The van der Waals surface area contributed by atoms with Crippen molar-refractivity contribution in [1.82, 2.24) is 10.4 Å². The quantitative estimate of drug-likeness (QED) is 0.657. The zero-order valence-electron chi connectivity index (χ0n) is 10.2. The Morgan fingerprint density at radius 3 is 2.69 bits per heavy atom. The van der Waals surface area contributed by atoms with Crippen molar-refractivity contribution < 1.29 is 9.63 Å². The fourth-order valence-corrected chi connectivity index (χ4v) is 1.64. The molecule has 5 heteroatoms. The van der Waals surface area contributed by atoms with Gasteiger partial charge in [-0.2, -0.15) is 0 Å². The summed E-state index contributed by atoms with van der Waals surface area (Å²) in [4.78, 5) is 18.6. The van der Waals surface area contributed by atoms with E-state index in [1.165, 1.54) is 0 Å². The molecule has 0 radical (unpaired) electrons. The summed E-state index contributed by atoms with van der Waals surface area (Å²) in [5.41, 5.74) is 8.25.